The second-order valence-electron chi connectivity index (χ2n) is 5.76. The topological polar surface area (TPSA) is 53.1 Å². The van der Waals surface area contributed by atoms with Crippen LogP contribution in [-0.4, -0.2) is 74.6 Å². The molecule has 0 aliphatic carbocycles. The third-order valence-corrected chi connectivity index (χ3v) is 4.31. The van der Waals surface area contributed by atoms with E-state index in [2.05, 4.69) is 4.90 Å². The second-order valence-corrected chi connectivity index (χ2v) is 5.76. The molecule has 0 bridgehead atoms. The molecule has 126 valence electrons. The lowest BCUT2D eigenvalue weighted by molar-refractivity contribution is -0.137. The van der Waals surface area contributed by atoms with E-state index in [1.54, 1.807) is 16.8 Å². The van der Waals surface area contributed by atoms with Gasteiger partial charge in [0, 0.05) is 46.0 Å². The Hall–Kier alpha value is -1.92. The van der Waals surface area contributed by atoms with Crippen LogP contribution >= 0.6 is 0 Å². The van der Waals surface area contributed by atoms with Crippen LogP contribution in [0.1, 0.15) is 6.92 Å². The van der Waals surface area contributed by atoms with Crippen molar-refractivity contribution in [3.63, 3.8) is 0 Å². The molecule has 6 nitrogen and oxygen atoms in total. The van der Waals surface area contributed by atoms with Crippen molar-refractivity contribution in [2.45, 2.75) is 13.0 Å². The fourth-order valence-corrected chi connectivity index (χ4v) is 2.79. The number of nitrogens with zero attached hydrogens (tertiary/aromatic N) is 3. The van der Waals surface area contributed by atoms with E-state index < -0.39 is 0 Å². The monoisotopic (exact) mass is 319 g/mol. The van der Waals surface area contributed by atoms with Gasteiger partial charge in [-0.05, 0) is 19.1 Å². The number of rotatable bonds is 5. The van der Waals surface area contributed by atoms with Crippen LogP contribution in [0.15, 0.2) is 30.3 Å². The van der Waals surface area contributed by atoms with Crippen LogP contribution in [0, 0.1) is 0 Å². The number of hydrogen-bond acceptors (Lipinski definition) is 4. The largest absolute Gasteiger partial charge is 0.375 e. The highest BCUT2D eigenvalue weighted by molar-refractivity contribution is 5.96. The van der Waals surface area contributed by atoms with Gasteiger partial charge < -0.3 is 14.5 Å². The summed E-state index contributed by atoms with van der Waals surface area (Å²) in [7, 11) is 3.32. The van der Waals surface area contributed by atoms with Gasteiger partial charge in [-0.3, -0.25) is 14.5 Å². The van der Waals surface area contributed by atoms with E-state index in [0.29, 0.717) is 26.2 Å². The maximum absolute atomic E-state index is 12.6. The Morgan fingerprint density at radius 2 is 1.78 bits per heavy atom. The van der Waals surface area contributed by atoms with Crippen LogP contribution in [0.4, 0.5) is 5.69 Å². The summed E-state index contributed by atoms with van der Waals surface area (Å²) in [6.45, 7) is 4.71. The fourth-order valence-electron chi connectivity index (χ4n) is 2.79. The van der Waals surface area contributed by atoms with Crippen molar-refractivity contribution in [3.8, 4) is 0 Å². The highest BCUT2D eigenvalue weighted by Gasteiger charge is 2.29. The predicted octanol–water partition coefficient (Wildman–Crippen LogP) is 0.829. The molecule has 0 radical (unpaired) electrons. The summed E-state index contributed by atoms with van der Waals surface area (Å²) in [6, 6.07) is 9.41. The Labute approximate surface area is 137 Å². The number of ether oxygens (including phenoxy) is 1. The first-order valence-electron chi connectivity index (χ1n) is 7.88. The molecule has 0 aromatic heterocycles. The average molecular weight is 319 g/mol. The Morgan fingerprint density at radius 1 is 1.17 bits per heavy atom. The molecule has 2 amide bonds. The van der Waals surface area contributed by atoms with Crippen LogP contribution in [-0.2, 0) is 14.3 Å². The van der Waals surface area contributed by atoms with E-state index in [4.69, 9.17) is 4.74 Å². The molecule has 1 unspecified atom stereocenters. The highest BCUT2D eigenvalue weighted by Crippen LogP contribution is 2.15. The van der Waals surface area contributed by atoms with Crippen molar-refractivity contribution in [1.82, 2.24) is 9.80 Å². The average Bonchev–Trinajstić information content (AvgIpc) is 2.61. The van der Waals surface area contributed by atoms with E-state index in [1.165, 1.54) is 7.11 Å². The molecule has 0 spiro atoms. The van der Waals surface area contributed by atoms with Crippen LogP contribution in [0.3, 0.4) is 0 Å². The SMILES string of the molecule is COCC(=O)N1CCN(C(C)C(=O)N(C)c2ccccc2)CC1. The van der Waals surface area contributed by atoms with Gasteiger partial charge in [-0.25, -0.2) is 0 Å². The van der Waals surface area contributed by atoms with Crippen LogP contribution in [0.5, 0.6) is 0 Å². The molecule has 1 aliphatic heterocycles. The van der Waals surface area contributed by atoms with E-state index in [9.17, 15) is 9.59 Å². The summed E-state index contributed by atoms with van der Waals surface area (Å²) in [5.74, 6) is 0.0698. The molecule has 1 heterocycles. The summed E-state index contributed by atoms with van der Waals surface area (Å²) in [6.07, 6.45) is 0. The molecule has 23 heavy (non-hydrogen) atoms. The predicted molar refractivity (Wildman–Crippen MR) is 89.3 cm³/mol. The number of benzene rings is 1. The van der Waals surface area contributed by atoms with Gasteiger partial charge in [-0.1, -0.05) is 18.2 Å². The molecule has 1 aromatic carbocycles. The van der Waals surface area contributed by atoms with Gasteiger partial charge in [0.05, 0.1) is 6.04 Å². The zero-order chi connectivity index (χ0) is 16.8. The van der Waals surface area contributed by atoms with Gasteiger partial charge >= 0.3 is 0 Å². The van der Waals surface area contributed by atoms with E-state index in [1.807, 2.05) is 37.3 Å². The van der Waals surface area contributed by atoms with Gasteiger partial charge in [0.1, 0.15) is 6.61 Å². The quantitative estimate of drug-likeness (QED) is 0.807. The lowest BCUT2D eigenvalue weighted by Crippen LogP contribution is -2.55. The van der Waals surface area contributed by atoms with Gasteiger partial charge in [-0.2, -0.15) is 0 Å². The summed E-state index contributed by atoms with van der Waals surface area (Å²) in [5, 5.41) is 0. The number of carbonyl (C=O) groups excluding carboxylic acids is 2. The van der Waals surface area contributed by atoms with Crippen molar-refractivity contribution < 1.29 is 14.3 Å². The Kier molecular flexibility index (Phi) is 6.12. The molecule has 1 aromatic rings. The van der Waals surface area contributed by atoms with Crippen molar-refractivity contribution in [3.05, 3.63) is 30.3 Å². The number of likely N-dealkylation sites (N-methyl/N-ethyl adjacent to an activating group) is 1. The molecule has 1 saturated heterocycles. The van der Waals surface area contributed by atoms with Gasteiger partial charge in [-0.15, -0.1) is 0 Å². The molecule has 1 fully saturated rings. The van der Waals surface area contributed by atoms with Gasteiger partial charge in [0.15, 0.2) is 0 Å². The molecule has 6 heteroatoms. The van der Waals surface area contributed by atoms with Crippen LogP contribution in [0.2, 0.25) is 0 Å². The number of carbonyl (C=O) groups is 2. The third kappa shape index (κ3) is 4.30. The second kappa shape index (κ2) is 8.08. The van der Waals surface area contributed by atoms with Crippen molar-refractivity contribution in [2.75, 3.05) is 51.8 Å². The summed E-state index contributed by atoms with van der Waals surface area (Å²) < 4.78 is 4.88. The van der Waals surface area contributed by atoms with Crippen LogP contribution < -0.4 is 4.90 Å². The van der Waals surface area contributed by atoms with Crippen molar-refractivity contribution in [2.24, 2.45) is 0 Å². The summed E-state index contributed by atoms with van der Waals surface area (Å²) in [5.41, 5.74) is 0.887. The Balaban J connectivity index is 1.90. The fraction of sp³-hybridized carbons (Fsp3) is 0.529. The number of amides is 2. The van der Waals surface area contributed by atoms with E-state index >= 15 is 0 Å². The molecule has 1 atom stereocenters. The minimum Gasteiger partial charge on any atom is -0.375 e. The minimum absolute atomic E-state index is 0.00698. The third-order valence-electron chi connectivity index (χ3n) is 4.31. The lowest BCUT2D eigenvalue weighted by atomic mass is 10.2. The molecule has 0 saturated carbocycles. The van der Waals surface area contributed by atoms with E-state index in [0.717, 1.165) is 5.69 Å². The zero-order valence-corrected chi connectivity index (χ0v) is 14.1. The molecule has 2 rings (SSSR count). The summed E-state index contributed by atoms with van der Waals surface area (Å²) in [4.78, 5) is 30.1. The zero-order valence-electron chi connectivity index (χ0n) is 14.1. The molecular formula is C17H25N3O3. The molecule has 1 aliphatic rings. The van der Waals surface area contributed by atoms with Crippen LogP contribution in [0.25, 0.3) is 0 Å². The van der Waals surface area contributed by atoms with Gasteiger partial charge in [0.2, 0.25) is 11.8 Å². The first kappa shape index (κ1) is 17.4. The van der Waals surface area contributed by atoms with Crippen molar-refractivity contribution in [1.29, 1.82) is 0 Å². The number of anilines is 1. The Morgan fingerprint density at radius 3 is 2.35 bits per heavy atom. The number of para-hydroxylation sites is 1. The minimum atomic E-state index is -0.208. The maximum atomic E-state index is 12.6. The number of piperazine rings is 1. The number of methoxy groups -OCH3 is 1. The van der Waals surface area contributed by atoms with Gasteiger partial charge in [0.25, 0.3) is 0 Å². The first-order valence-corrected chi connectivity index (χ1v) is 7.88. The summed E-state index contributed by atoms with van der Waals surface area (Å²) >= 11 is 0. The molecule has 0 N–H and O–H groups in total. The standard InChI is InChI=1S/C17H25N3O3/c1-14(17(22)18(2)15-7-5-4-6-8-15)19-9-11-20(12-10-19)16(21)13-23-3/h4-8,14H,9-13H2,1-3H3. The Bertz CT molecular complexity index is 527. The van der Waals surface area contributed by atoms with E-state index in [-0.39, 0.29) is 24.5 Å². The maximum Gasteiger partial charge on any atom is 0.248 e. The molecular weight excluding hydrogens is 294 g/mol. The highest BCUT2D eigenvalue weighted by atomic mass is 16.5. The smallest absolute Gasteiger partial charge is 0.248 e. The lowest BCUT2D eigenvalue weighted by Gasteiger charge is -2.38. The normalized spacial score (nSPS) is 16.9. The number of hydrogen-bond donors (Lipinski definition) is 0. The van der Waals surface area contributed by atoms with Crippen molar-refractivity contribution >= 4 is 17.5 Å². The first-order chi connectivity index (χ1) is 11.0.